The molecule has 0 saturated carbocycles. The third-order valence-corrected chi connectivity index (χ3v) is 3.50. The van der Waals surface area contributed by atoms with E-state index in [1.165, 1.54) is 16.8 Å². The molecule has 0 bridgehead atoms. The quantitative estimate of drug-likeness (QED) is 0.763. The van der Waals surface area contributed by atoms with Crippen molar-refractivity contribution < 1.29 is 0 Å². The van der Waals surface area contributed by atoms with E-state index < -0.39 is 0 Å². The molecule has 2 aromatic rings. The first-order valence-electron chi connectivity index (χ1n) is 5.71. The number of aromatic nitrogens is 2. The van der Waals surface area contributed by atoms with Crippen LogP contribution in [0, 0.1) is 6.92 Å². The average Bonchev–Trinajstić information content (AvgIpc) is 2.60. The van der Waals surface area contributed by atoms with Crippen molar-refractivity contribution in [2.45, 2.75) is 33.2 Å². The van der Waals surface area contributed by atoms with E-state index in [0.29, 0.717) is 0 Å². The van der Waals surface area contributed by atoms with E-state index in [9.17, 15) is 0 Å². The lowest BCUT2D eigenvalue weighted by Crippen LogP contribution is -2.24. The van der Waals surface area contributed by atoms with Gasteiger partial charge in [0.05, 0.1) is 11.7 Å². The molecule has 1 aromatic carbocycles. The monoisotopic (exact) mass is 292 g/mol. The summed E-state index contributed by atoms with van der Waals surface area (Å²) in [7, 11) is 0. The Labute approximate surface area is 111 Å². The van der Waals surface area contributed by atoms with Crippen LogP contribution in [0.25, 0.3) is 11.1 Å². The van der Waals surface area contributed by atoms with Crippen LogP contribution in [0.2, 0.25) is 0 Å². The van der Waals surface area contributed by atoms with Gasteiger partial charge in [-0.15, -0.1) is 0 Å². The third-order valence-electron chi connectivity index (χ3n) is 2.81. The lowest BCUT2D eigenvalue weighted by molar-refractivity contribution is 0.348. The SMILES string of the molecule is Cc1c(-c2ccccc2Br)cnn1C(C)(C)C. The first-order chi connectivity index (χ1) is 7.91. The van der Waals surface area contributed by atoms with Crippen molar-refractivity contribution in [2.24, 2.45) is 0 Å². The van der Waals surface area contributed by atoms with E-state index in [2.05, 4.69) is 65.5 Å². The van der Waals surface area contributed by atoms with Crippen LogP contribution < -0.4 is 0 Å². The van der Waals surface area contributed by atoms with Crippen molar-refractivity contribution >= 4 is 15.9 Å². The molecule has 0 aliphatic rings. The Hall–Kier alpha value is -1.09. The van der Waals surface area contributed by atoms with Crippen molar-refractivity contribution in [3.8, 4) is 11.1 Å². The molecule has 1 heterocycles. The standard InChI is InChI=1S/C14H17BrN2/c1-10-12(9-16-17(10)14(2,3)4)11-7-5-6-8-13(11)15/h5-9H,1-4H3. The maximum atomic E-state index is 4.50. The number of hydrogen-bond acceptors (Lipinski definition) is 1. The Morgan fingerprint density at radius 2 is 1.76 bits per heavy atom. The summed E-state index contributed by atoms with van der Waals surface area (Å²) in [6.07, 6.45) is 1.95. The predicted molar refractivity (Wildman–Crippen MR) is 75.1 cm³/mol. The van der Waals surface area contributed by atoms with Crippen LogP contribution in [0.5, 0.6) is 0 Å². The van der Waals surface area contributed by atoms with Crippen LogP contribution in [0.3, 0.4) is 0 Å². The minimum Gasteiger partial charge on any atom is -0.264 e. The molecule has 0 aliphatic carbocycles. The predicted octanol–water partition coefficient (Wildman–Crippen LogP) is 4.38. The van der Waals surface area contributed by atoms with Crippen LogP contribution in [0.1, 0.15) is 26.5 Å². The fourth-order valence-corrected chi connectivity index (χ4v) is 2.53. The molecule has 0 N–H and O–H groups in total. The number of halogens is 1. The van der Waals surface area contributed by atoms with E-state index in [4.69, 9.17) is 0 Å². The molecule has 2 nitrogen and oxygen atoms in total. The first kappa shape index (κ1) is 12.4. The second-order valence-corrected chi connectivity index (χ2v) is 6.06. The van der Waals surface area contributed by atoms with Gasteiger partial charge in [0.25, 0.3) is 0 Å². The number of benzene rings is 1. The summed E-state index contributed by atoms with van der Waals surface area (Å²) in [4.78, 5) is 0. The molecule has 17 heavy (non-hydrogen) atoms. The molecule has 0 spiro atoms. The van der Waals surface area contributed by atoms with Crippen molar-refractivity contribution in [1.29, 1.82) is 0 Å². The Morgan fingerprint density at radius 3 is 2.29 bits per heavy atom. The van der Waals surface area contributed by atoms with Gasteiger partial charge in [-0.25, -0.2) is 0 Å². The van der Waals surface area contributed by atoms with E-state index in [1.54, 1.807) is 0 Å². The van der Waals surface area contributed by atoms with Gasteiger partial charge in [0, 0.05) is 15.7 Å². The van der Waals surface area contributed by atoms with Gasteiger partial charge < -0.3 is 0 Å². The van der Waals surface area contributed by atoms with Crippen molar-refractivity contribution in [2.75, 3.05) is 0 Å². The van der Waals surface area contributed by atoms with E-state index >= 15 is 0 Å². The smallest absolute Gasteiger partial charge is 0.0571 e. The zero-order valence-electron chi connectivity index (χ0n) is 10.7. The molecule has 1 aromatic heterocycles. The van der Waals surface area contributed by atoms with E-state index in [1.807, 2.05) is 18.3 Å². The zero-order chi connectivity index (χ0) is 12.6. The van der Waals surface area contributed by atoms with Gasteiger partial charge in [-0.05, 0) is 39.3 Å². The second-order valence-electron chi connectivity index (χ2n) is 5.21. The Balaban J connectivity index is 2.56. The topological polar surface area (TPSA) is 17.8 Å². The summed E-state index contributed by atoms with van der Waals surface area (Å²) >= 11 is 3.59. The summed E-state index contributed by atoms with van der Waals surface area (Å²) in [5, 5.41) is 4.50. The fourth-order valence-electron chi connectivity index (χ4n) is 2.03. The Bertz CT molecular complexity index is 535. The van der Waals surface area contributed by atoms with Gasteiger partial charge in [-0.1, -0.05) is 34.1 Å². The number of rotatable bonds is 1. The molecule has 0 radical (unpaired) electrons. The molecular formula is C14H17BrN2. The van der Waals surface area contributed by atoms with Crippen molar-refractivity contribution in [3.63, 3.8) is 0 Å². The molecule has 0 atom stereocenters. The van der Waals surface area contributed by atoms with Crippen LogP contribution in [-0.2, 0) is 5.54 Å². The molecule has 0 fully saturated rings. The van der Waals surface area contributed by atoms with E-state index in [0.717, 1.165) is 4.47 Å². The second kappa shape index (κ2) is 4.30. The van der Waals surface area contributed by atoms with Gasteiger partial charge in [0.2, 0.25) is 0 Å². The van der Waals surface area contributed by atoms with Gasteiger partial charge >= 0.3 is 0 Å². The van der Waals surface area contributed by atoms with Crippen LogP contribution in [0.15, 0.2) is 34.9 Å². The van der Waals surface area contributed by atoms with Crippen LogP contribution in [0.4, 0.5) is 0 Å². The highest BCUT2D eigenvalue weighted by Crippen LogP contribution is 2.31. The maximum Gasteiger partial charge on any atom is 0.0571 e. The molecule has 3 heteroatoms. The Morgan fingerprint density at radius 1 is 1.12 bits per heavy atom. The van der Waals surface area contributed by atoms with Crippen molar-refractivity contribution in [3.05, 3.63) is 40.6 Å². The summed E-state index contributed by atoms with van der Waals surface area (Å²) in [6, 6.07) is 8.25. The normalized spacial score (nSPS) is 11.8. The zero-order valence-corrected chi connectivity index (χ0v) is 12.2. The molecule has 0 saturated heterocycles. The number of nitrogens with zero attached hydrogens (tertiary/aromatic N) is 2. The highest BCUT2D eigenvalue weighted by atomic mass is 79.9. The molecule has 0 unspecified atom stereocenters. The largest absolute Gasteiger partial charge is 0.264 e. The highest BCUT2D eigenvalue weighted by Gasteiger charge is 2.19. The minimum absolute atomic E-state index is 0.0175. The minimum atomic E-state index is 0.0175. The molecule has 0 amide bonds. The lowest BCUT2D eigenvalue weighted by atomic mass is 10.1. The number of hydrogen-bond donors (Lipinski definition) is 0. The van der Waals surface area contributed by atoms with Gasteiger partial charge in [-0.2, -0.15) is 5.10 Å². The average molecular weight is 293 g/mol. The summed E-state index contributed by atoms with van der Waals surface area (Å²) in [5.74, 6) is 0. The Kier molecular flexibility index (Phi) is 3.13. The van der Waals surface area contributed by atoms with E-state index in [-0.39, 0.29) is 5.54 Å². The maximum absolute atomic E-state index is 4.50. The highest BCUT2D eigenvalue weighted by molar-refractivity contribution is 9.10. The lowest BCUT2D eigenvalue weighted by Gasteiger charge is -2.21. The van der Waals surface area contributed by atoms with Gasteiger partial charge in [-0.3, -0.25) is 4.68 Å². The molecule has 90 valence electrons. The molecule has 0 aliphatic heterocycles. The summed E-state index contributed by atoms with van der Waals surface area (Å²) in [6.45, 7) is 8.61. The van der Waals surface area contributed by atoms with Gasteiger partial charge in [0.15, 0.2) is 0 Å². The van der Waals surface area contributed by atoms with Crippen LogP contribution >= 0.6 is 15.9 Å². The molecular weight excluding hydrogens is 276 g/mol. The van der Waals surface area contributed by atoms with Gasteiger partial charge in [0.1, 0.15) is 0 Å². The first-order valence-corrected chi connectivity index (χ1v) is 6.50. The van der Waals surface area contributed by atoms with Crippen molar-refractivity contribution in [1.82, 2.24) is 9.78 Å². The third kappa shape index (κ3) is 2.29. The summed E-state index contributed by atoms with van der Waals surface area (Å²) in [5.41, 5.74) is 3.60. The van der Waals surface area contributed by atoms with Crippen LogP contribution in [-0.4, -0.2) is 9.78 Å². The summed E-state index contributed by atoms with van der Waals surface area (Å²) < 4.78 is 3.18. The fraction of sp³-hybridized carbons (Fsp3) is 0.357. The molecule has 2 rings (SSSR count).